The highest BCUT2D eigenvalue weighted by atomic mass is 32.2. The van der Waals surface area contributed by atoms with E-state index in [0.29, 0.717) is 0 Å². The number of allylic oxidation sites excluding steroid dienone is 2. The van der Waals surface area contributed by atoms with Gasteiger partial charge in [-0.2, -0.15) is 5.26 Å². The van der Waals surface area contributed by atoms with Crippen LogP contribution in [0.3, 0.4) is 0 Å². The molecule has 0 amide bonds. The fraction of sp³-hybridized carbons (Fsp3) is 0.100. The average molecular weight is 223 g/mol. The van der Waals surface area contributed by atoms with E-state index in [1.165, 1.54) is 25.1 Å². The van der Waals surface area contributed by atoms with Crippen LogP contribution in [0.2, 0.25) is 0 Å². The molecule has 78 valence electrons. The van der Waals surface area contributed by atoms with E-state index in [0.717, 1.165) is 0 Å². The second kappa shape index (κ2) is 4.15. The number of rotatable bonds is 2. The first-order valence-corrected chi connectivity index (χ1v) is 5.58. The van der Waals surface area contributed by atoms with Gasteiger partial charge in [0.25, 0.3) is 0 Å². The molecule has 0 aliphatic carbocycles. The summed E-state index contributed by atoms with van der Waals surface area (Å²) in [5, 5.41) is 17.7. The van der Waals surface area contributed by atoms with Crippen LogP contribution >= 0.6 is 0 Å². The number of aliphatic hydroxyl groups excluding tert-OH is 1. The largest absolute Gasteiger partial charge is 0.510 e. The highest BCUT2D eigenvalue weighted by Gasteiger charge is 2.22. The average Bonchev–Trinajstić information content (AvgIpc) is 2.19. The molecule has 5 heteroatoms. The Bertz CT molecular complexity index is 520. The molecule has 0 aliphatic heterocycles. The molecule has 1 N–H and O–H groups in total. The summed E-state index contributed by atoms with van der Waals surface area (Å²) in [5.41, 5.74) is 0. The number of hydrogen-bond acceptors (Lipinski definition) is 4. The fourth-order valence-corrected chi connectivity index (χ4v) is 2.31. The molecule has 0 fully saturated rings. The molecule has 0 aliphatic rings. The zero-order valence-electron chi connectivity index (χ0n) is 8.01. The van der Waals surface area contributed by atoms with Crippen LogP contribution in [0.15, 0.2) is 45.9 Å². The molecule has 15 heavy (non-hydrogen) atoms. The van der Waals surface area contributed by atoms with Gasteiger partial charge in [0.15, 0.2) is 4.91 Å². The van der Waals surface area contributed by atoms with Crippen LogP contribution in [0.5, 0.6) is 0 Å². The van der Waals surface area contributed by atoms with E-state index in [4.69, 9.17) is 10.4 Å². The zero-order valence-corrected chi connectivity index (χ0v) is 8.82. The molecule has 0 saturated carbocycles. The Labute approximate surface area is 88.0 Å². The van der Waals surface area contributed by atoms with Crippen LogP contribution < -0.4 is 0 Å². The van der Waals surface area contributed by atoms with Gasteiger partial charge in [0.05, 0.1) is 4.90 Å². The molecule has 0 saturated heterocycles. The van der Waals surface area contributed by atoms with Crippen molar-refractivity contribution in [2.45, 2.75) is 11.8 Å². The molecule has 1 rings (SSSR count). The van der Waals surface area contributed by atoms with E-state index in [-0.39, 0.29) is 4.90 Å². The summed E-state index contributed by atoms with van der Waals surface area (Å²) >= 11 is 0. The Hall–Kier alpha value is -1.80. The number of hydrogen-bond donors (Lipinski definition) is 1. The van der Waals surface area contributed by atoms with Crippen molar-refractivity contribution in [2.75, 3.05) is 0 Å². The second-order valence-corrected chi connectivity index (χ2v) is 4.73. The van der Waals surface area contributed by atoms with Crippen molar-refractivity contribution in [2.24, 2.45) is 0 Å². The van der Waals surface area contributed by atoms with Gasteiger partial charge in [-0.1, -0.05) is 18.2 Å². The molecule has 0 aromatic heterocycles. The van der Waals surface area contributed by atoms with E-state index >= 15 is 0 Å². The van der Waals surface area contributed by atoms with E-state index in [2.05, 4.69) is 0 Å². The normalized spacial score (nSPS) is 12.8. The molecular weight excluding hydrogens is 214 g/mol. The Kier molecular flexibility index (Phi) is 3.12. The molecule has 1 aromatic rings. The standard InChI is InChI=1S/C10H9NO3S/c1-8(12)10(7-11)15(13,14)9-5-3-2-4-6-9/h2-6,12H,1H3/b10-8-. The maximum absolute atomic E-state index is 11.8. The second-order valence-electron chi connectivity index (χ2n) is 2.84. The predicted molar refractivity (Wildman–Crippen MR) is 54.6 cm³/mol. The Morgan fingerprint density at radius 2 is 1.87 bits per heavy atom. The third-order valence-electron chi connectivity index (χ3n) is 1.75. The van der Waals surface area contributed by atoms with Crippen molar-refractivity contribution in [3.63, 3.8) is 0 Å². The molecular formula is C10H9NO3S. The fourth-order valence-electron chi connectivity index (χ4n) is 1.05. The summed E-state index contributed by atoms with van der Waals surface area (Å²) in [6, 6.07) is 8.99. The van der Waals surface area contributed by atoms with E-state index in [1.54, 1.807) is 18.2 Å². The maximum Gasteiger partial charge on any atom is 0.219 e. The summed E-state index contributed by atoms with van der Waals surface area (Å²) in [4.78, 5) is -0.622. The lowest BCUT2D eigenvalue weighted by Crippen LogP contribution is -2.05. The summed E-state index contributed by atoms with van der Waals surface area (Å²) in [5.74, 6) is -0.499. The number of benzene rings is 1. The molecule has 0 radical (unpaired) electrons. The van der Waals surface area contributed by atoms with Crippen LogP contribution in [0.4, 0.5) is 0 Å². The first kappa shape index (κ1) is 11.3. The Morgan fingerprint density at radius 3 is 2.27 bits per heavy atom. The van der Waals surface area contributed by atoms with Gasteiger partial charge in [-0.05, 0) is 19.1 Å². The van der Waals surface area contributed by atoms with Gasteiger partial charge in [0, 0.05) is 0 Å². The first-order chi connectivity index (χ1) is 7.00. The highest BCUT2D eigenvalue weighted by Crippen LogP contribution is 2.19. The third kappa shape index (κ3) is 2.17. The van der Waals surface area contributed by atoms with E-state index in [1.807, 2.05) is 0 Å². The minimum absolute atomic E-state index is 0.00468. The number of sulfone groups is 1. The van der Waals surface area contributed by atoms with Crippen LogP contribution in [0, 0.1) is 11.3 Å². The predicted octanol–water partition coefficient (Wildman–Crippen LogP) is 1.77. The number of aliphatic hydroxyl groups is 1. The minimum atomic E-state index is -3.88. The lowest BCUT2D eigenvalue weighted by Gasteiger charge is -2.02. The Morgan fingerprint density at radius 1 is 1.33 bits per heavy atom. The van der Waals surface area contributed by atoms with Gasteiger partial charge in [-0.15, -0.1) is 0 Å². The summed E-state index contributed by atoms with van der Waals surface area (Å²) in [7, 11) is -3.88. The smallest absolute Gasteiger partial charge is 0.219 e. The monoisotopic (exact) mass is 223 g/mol. The summed E-state index contributed by atoms with van der Waals surface area (Å²) in [6.45, 7) is 1.17. The van der Waals surface area contributed by atoms with Crippen molar-refractivity contribution in [3.05, 3.63) is 41.0 Å². The molecule has 0 heterocycles. The van der Waals surface area contributed by atoms with Crippen LogP contribution in [0.1, 0.15) is 6.92 Å². The minimum Gasteiger partial charge on any atom is -0.510 e. The van der Waals surface area contributed by atoms with Gasteiger partial charge >= 0.3 is 0 Å². The zero-order chi connectivity index (χ0) is 11.5. The number of nitrogens with zero attached hydrogens (tertiary/aromatic N) is 1. The van der Waals surface area contributed by atoms with Gasteiger partial charge in [0.2, 0.25) is 9.84 Å². The van der Waals surface area contributed by atoms with Crippen LogP contribution in [0.25, 0.3) is 0 Å². The van der Waals surface area contributed by atoms with Gasteiger partial charge < -0.3 is 5.11 Å². The van der Waals surface area contributed by atoms with Crippen LogP contribution in [-0.2, 0) is 9.84 Å². The van der Waals surface area contributed by atoms with Crippen LogP contribution in [-0.4, -0.2) is 13.5 Å². The van der Waals surface area contributed by atoms with Crippen molar-refractivity contribution < 1.29 is 13.5 Å². The lowest BCUT2D eigenvalue weighted by atomic mass is 10.4. The van der Waals surface area contributed by atoms with Crippen molar-refractivity contribution >= 4 is 9.84 Å². The molecule has 0 bridgehead atoms. The molecule has 1 aromatic carbocycles. The number of nitriles is 1. The molecule has 0 unspecified atom stereocenters. The van der Waals surface area contributed by atoms with Gasteiger partial charge in [-0.3, -0.25) is 0 Å². The van der Waals surface area contributed by atoms with Gasteiger partial charge in [-0.25, -0.2) is 8.42 Å². The Balaban J connectivity index is 3.41. The quantitative estimate of drug-likeness (QED) is 0.612. The lowest BCUT2D eigenvalue weighted by molar-refractivity contribution is 0.412. The SMILES string of the molecule is C/C(O)=C(\C#N)S(=O)(=O)c1ccccc1. The summed E-state index contributed by atoms with van der Waals surface area (Å²) < 4.78 is 23.5. The van der Waals surface area contributed by atoms with Crippen molar-refractivity contribution in [1.82, 2.24) is 0 Å². The third-order valence-corrected chi connectivity index (χ3v) is 3.57. The first-order valence-electron chi connectivity index (χ1n) is 4.10. The molecule has 0 atom stereocenters. The topological polar surface area (TPSA) is 78.2 Å². The highest BCUT2D eigenvalue weighted by molar-refractivity contribution is 7.95. The summed E-state index contributed by atoms with van der Waals surface area (Å²) in [6.07, 6.45) is 0. The van der Waals surface area contributed by atoms with Crippen molar-refractivity contribution in [1.29, 1.82) is 5.26 Å². The van der Waals surface area contributed by atoms with E-state index in [9.17, 15) is 8.42 Å². The van der Waals surface area contributed by atoms with Gasteiger partial charge in [0.1, 0.15) is 11.8 Å². The molecule has 0 spiro atoms. The molecule has 4 nitrogen and oxygen atoms in total. The van der Waals surface area contributed by atoms with Crippen molar-refractivity contribution in [3.8, 4) is 6.07 Å². The maximum atomic E-state index is 11.8. The van der Waals surface area contributed by atoms with E-state index < -0.39 is 20.5 Å².